The van der Waals surface area contributed by atoms with E-state index in [4.69, 9.17) is 9.63 Å². The number of carboxylic acids is 1. The van der Waals surface area contributed by atoms with Gasteiger partial charge < -0.3 is 9.63 Å². The van der Waals surface area contributed by atoms with Crippen LogP contribution in [-0.4, -0.2) is 36.0 Å². The van der Waals surface area contributed by atoms with Gasteiger partial charge >= 0.3 is 5.97 Å². The summed E-state index contributed by atoms with van der Waals surface area (Å²) < 4.78 is 6.75. The summed E-state index contributed by atoms with van der Waals surface area (Å²) in [4.78, 5) is 19.8. The first-order chi connectivity index (χ1) is 11.3. The van der Waals surface area contributed by atoms with Crippen molar-refractivity contribution in [3.05, 3.63) is 41.6 Å². The molecule has 0 bridgehead atoms. The number of aromatic carboxylic acids is 1. The summed E-state index contributed by atoms with van der Waals surface area (Å²) in [6.07, 6.45) is 2.90. The van der Waals surface area contributed by atoms with Crippen LogP contribution in [0.4, 0.5) is 0 Å². The van der Waals surface area contributed by atoms with Crippen LogP contribution in [-0.2, 0) is 5.41 Å². The lowest BCUT2D eigenvalue weighted by Crippen LogP contribution is -2.13. The zero-order valence-electron chi connectivity index (χ0n) is 13.8. The maximum absolute atomic E-state index is 11.1. The molecule has 0 saturated carbocycles. The monoisotopic (exact) mass is 327 g/mol. The van der Waals surface area contributed by atoms with Crippen LogP contribution < -0.4 is 0 Å². The molecule has 0 saturated heterocycles. The standard InChI is InChI=1S/C16H17N5O3/c1-9-11(14(22)23)8-18-21(9)12-6-5-10(7-17-12)13-19-15(20-24-13)16(2,3)4/h5-8H,1-4H3,(H,22,23). The Labute approximate surface area is 138 Å². The first-order valence-electron chi connectivity index (χ1n) is 7.36. The molecule has 0 fully saturated rings. The van der Waals surface area contributed by atoms with Crippen LogP contribution in [0.25, 0.3) is 17.3 Å². The van der Waals surface area contributed by atoms with Crippen LogP contribution in [0.15, 0.2) is 29.0 Å². The molecule has 0 aliphatic rings. The molecule has 0 spiro atoms. The van der Waals surface area contributed by atoms with E-state index >= 15 is 0 Å². The summed E-state index contributed by atoms with van der Waals surface area (Å²) in [6.45, 7) is 7.69. The Kier molecular flexibility index (Phi) is 3.67. The average molecular weight is 327 g/mol. The number of rotatable bonds is 3. The van der Waals surface area contributed by atoms with E-state index in [-0.39, 0.29) is 11.0 Å². The number of nitrogens with zero attached hydrogens (tertiary/aromatic N) is 5. The maximum atomic E-state index is 11.1. The van der Waals surface area contributed by atoms with Crippen molar-refractivity contribution in [1.82, 2.24) is 24.9 Å². The number of carboxylic acid groups (broad SMARTS) is 1. The highest BCUT2D eigenvalue weighted by Gasteiger charge is 2.21. The van der Waals surface area contributed by atoms with Crippen molar-refractivity contribution in [2.75, 3.05) is 0 Å². The van der Waals surface area contributed by atoms with Gasteiger partial charge in [0.25, 0.3) is 5.89 Å². The van der Waals surface area contributed by atoms with Crippen molar-refractivity contribution in [3.63, 3.8) is 0 Å². The molecule has 24 heavy (non-hydrogen) atoms. The molecule has 0 aliphatic carbocycles. The van der Waals surface area contributed by atoms with Crippen LogP contribution >= 0.6 is 0 Å². The number of carbonyl (C=O) groups is 1. The lowest BCUT2D eigenvalue weighted by molar-refractivity contribution is 0.0696. The van der Waals surface area contributed by atoms with Gasteiger partial charge in [0.1, 0.15) is 5.56 Å². The summed E-state index contributed by atoms with van der Waals surface area (Å²) in [7, 11) is 0. The van der Waals surface area contributed by atoms with Gasteiger partial charge in [-0.1, -0.05) is 25.9 Å². The second-order valence-electron chi connectivity index (χ2n) is 6.44. The van der Waals surface area contributed by atoms with Crippen molar-refractivity contribution in [3.8, 4) is 17.3 Å². The molecule has 124 valence electrons. The smallest absolute Gasteiger partial charge is 0.339 e. The number of hydrogen-bond donors (Lipinski definition) is 1. The molecule has 3 heterocycles. The molecule has 0 aromatic carbocycles. The van der Waals surface area contributed by atoms with Gasteiger partial charge in [0.15, 0.2) is 11.6 Å². The second-order valence-corrected chi connectivity index (χ2v) is 6.44. The first kappa shape index (κ1) is 15.9. The van der Waals surface area contributed by atoms with Gasteiger partial charge in [-0.2, -0.15) is 10.1 Å². The molecule has 0 amide bonds. The fourth-order valence-corrected chi connectivity index (χ4v) is 2.13. The van der Waals surface area contributed by atoms with Crippen molar-refractivity contribution in [2.45, 2.75) is 33.1 Å². The van der Waals surface area contributed by atoms with E-state index in [2.05, 4.69) is 20.2 Å². The minimum atomic E-state index is -1.02. The van der Waals surface area contributed by atoms with Gasteiger partial charge in [-0.25, -0.2) is 14.5 Å². The Hall–Kier alpha value is -3.03. The van der Waals surface area contributed by atoms with Crippen LogP contribution in [0.5, 0.6) is 0 Å². The summed E-state index contributed by atoms with van der Waals surface area (Å²) in [5, 5.41) is 17.1. The molecule has 1 N–H and O–H groups in total. The van der Waals surface area contributed by atoms with Crippen molar-refractivity contribution in [2.24, 2.45) is 0 Å². The van der Waals surface area contributed by atoms with Gasteiger partial charge in [0, 0.05) is 11.6 Å². The Morgan fingerprint density at radius 1 is 1.25 bits per heavy atom. The van der Waals surface area contributed by atoms with Crippen LogP contribution in [0.3, 0.4) is 0 Å². The van der Waals surface area contributed by atoms with E-state index in [9.17, 15) is 4.79 Å². The molecule has 0 atom stereocenters. The van der Waals surface area contributed by atoms with E-state index in [1.165, 1.54) is 10.9 Å². The van der Waals surface area contributed by atoms with E-state index in [0.717, 1.165) is 0 Å². The van der Waals surface area contributed by atoms with Gasteiger partial charge in [0.05, 0.1) is 17.5 Å². The molecule has 0 unspecified atom stereocenters. The molecular formula is C16H17N5O3. The van der Waals surface area contributed by atoms with Crippen LogP contribution in [0.1, 0.15) is 42.6 Å². The quantitative estimate of drug-likeness (QED) is 0.788. The first-order valence-corrected chi connectivity index (χ1v) is 7.36. The zero-order valence-corrected chi connectivity index (χ0v) is 13.8. The Bertz CT molecular complexity index is 887. The van der Waals surface area contributed by atoms with E-state index in [0.29, 0.717) is 28.8 Å². The lowest BCUT2D eigenvalue weighted by Gasteiger charge is -2.10. The van der Waals surface area contributed by atoms with Crippen molar-refractivity contribution < 1.29 is 14.4 Å². The largest absolute Gasteiger partial charge is 0.478 e. The topological polar surface area (TPSA) is 107 Å². The maximum Gasteiger partial charge on any atom is 0.339 e. The Morgan fingerprint density at radius 3 is 2.50 bits per heavy atom. The molecule has 8 nitrogen and oxygen atoms in total. The SMILES string of the molecule is Cc1c(C(=O)O)cnn1-c1ccc(-c2nc(C(C)(C)C)no2)cn1. The van der Waals surface area contributed by atoms with Crippen molar-refractivity contribution in [1.29, 1.82) is 0 Å². The third-order valence-electron chi connectivity index (χ3n) is 3.55. The van der Waals surface area contributed by atoms with Crippen LogP contribution in [0.2, 0.25) is 0 Å². The fraction of sp³-hybridized carbons (Fsp3) is 0.312. The average Bonchev–Trinajstić information content (AvgIpc) is 3.13. The minimum Gasteiger partial charge on any atom is -0.478 e. The summed E-state index contributed by atoms with van der Waals surface area (Å²) in [5.41, 5.74) is 1.14. The molecular weight excluding hydrogens is 310 g/mol. The Morgan fingerprint density at radius 2 is 2.00 bits per heavy atom. The number of aromatic nitrogens is 5. The normalized spacial score (nSPS) is 11.7. The van der Waals surface area contributed by atoms with Gasteiger partial charge in [-0.3, -0.25) is 0 Å². The highest BCUT2D eigenvalue weighted by molar-refractivity contribution is 5.88. The van der Waals surface area contributed by atoms with E-state index < -0.39 is 5.97 Å². The highest BCUT2D eigenvalue weighted by Crippen LogP contribution is 2.23. The minimum absolute atomic E-state index is 0.146. The fourth-order valence-electron chi connectivity index (χ4n) is 2.13. The van der Waals surface area contributed by atoms with Crippen molar-refractivity contribution >= 4 is 5.97 Å². The zero-order chi connectivity index (χ0) is 17.5. The number of pyridine rings is 1. The van der Waals surface area contributed by atoms with Gasteiger partial charge in [-0.05, 0) is 19.1 Å². The molecule has 3 aromatic rings. The lowest BCUT2D eigenvalue weighted by atomic mass is 9.96. The molecule has 0 aliphatic heterocycles. The summed E-state index contributed by atoms with van der Waals surface area (Å²) in [6, 6.07) is 3.51. The van der Waals surface area contributed by atoms with Gasteiger partial charge in [-0.15, -0.1) is 0 Å². The second kappa shape index (κ2) is 5.55. The molecule has 3 aromatic heterocycles. The van der Waals surface area contributed by atoms with E-state index in [1.807, 2.05) is 20.8 Å². The predicted molar refractivity (Wildman–Crippen MR) is 85.0 cm³/mol. The summed E-state index contributed by atoms with van der Waals surface area (Å²) >= 11 is 0. The molecule has 0 radical (unpaired) electrons. The van der Waals surface area contributed by atoms with E-state index in [1.54, 1.807) is 25.3 Å². The third kappa shape index (κ3) is 2.78. The number of hydrogen-bond acceptors (Lipinski definition) is 6. The highest BCUT2D eigenvalue weighted by atomic mass is 16.5. The molecule has 3 rings (SSSR count). The van der Waals surface area contributed by atoms with Crippen LogP contribution in [0, 0.1) is 6.92 Å². The summed E-state index contributed by atoms with van der Waals surface area (Å²) in [5.74, 6) is 0.508. The Balaban J connectivity index is 1.91. The predicted octanol–water partition coefficient (Wildman–Crippen LogP) is 2.62. The van der Waals surface area contributed by atoms with Gasteiger partial charge in [0.2, 0.25) is 0 Å². The third-order valence-corrected chi connectivity index (χ3v) is 3.55. The molecule has 8 heteroatoms.